The van der Waals surface area contributed by atoms with Crippen molar-refractivity contribution in [1.29, 1.82) is 21.2 Å². The first-order valence-corrected chi connectivity index (χ1v) is 14.7. The van der Waals surface area contributed by atoms with Gasteiger partial charge in [0.1, 0.15) is 50.3 Å². The molecule has 10 nitrogen and oxygen atoms in total. The summed E-state index contributed by atoms with van der Waals surface area (Å²) in [5.74, 6) is -0.800. The van der Waals surface area contributed by atoms with Crippen LogP contribution in [0.15, 0.2) is 35.1 Å². The first kappa shape index (κ1) is 27.0. The Bertz CT molecular complexity index is 2220. The molecule has 4 aromatic heterocycles. The van der Waals surface area contributed by atoms with Crippen LogP contribution in [-0.4, -0.2) is 21.5 Å². The SMILES string of the molecule is CCOC(=O)c1c(-c2ccccc2)c(C#N)c2sc3c(N)c(C#N)c(=O)n(-c4sc5c(c4C#N)CCCC5)c3n2c1=N. The average Bonchev–Trinajstić information content (AvgIpc) is 3.57. The van der Waals surface area contributed by atoms with Crippen LogP contribution >= 0.6 is 22.7 Å². The van der Waals surface area contributed by atoms with E-state index in [-0.39, 0.29) is 55.2 Å². The van der Waals surface area contributed by atoms with E-state index >= 15 is 0 Å². The van der Waals surface area contributed by atoms with Gasteiger partial charge in [0.15, 0.2) is 0 Å². The Morgan fingerprint density at radius 2 is 1.74 bits per heavy atom. The lowest BCUT2D eigenvalue weighted by Crippen LogP contribution is -2.29. The summed E-state index contributed by atoms with van der Waals surface area (Å²) in [5, 5.41) is 40.3. The van der Waals surface area contributed by atoms with Crippen molar-refractivity contribution < 1.29 is 9.53 Å². The highest BCUT2D eigenvalue weighted by Crippen LogP contribution is 2.41. The van der Waals surface area contributed by atoms with Crippen molar-refractivity contribution in [3.63, 3.8) is 0 Å². The number of carbonyl (C=O) groups is 1. The molecule has 0 radical (unpaired) electrons. The van der Waals surface area contributed by atoms with E-state index in [9.17, 15) is 30.8 Å². The van der Waals surface area contributed by atoms with Crippen LogP contribution in [-0.2, 0) is 17.6 Å². The summed E-state index contributed by atoms with van der Waals surface area (Å²) in [4.78, 5) is 28.6. The van der Waals surface area contributed by atoms with Crippen LogP contribution < -0.4 is 16.8 Å². The Hall–Kier alpha value is -5.22. The molecular formula is C30H21N7O3S2. The molecule has 0 atom stereocenters. The number of thiophene rings is 1. The fourth-order valence-corrected chi connectivity index (χ4v) is 8.09. The topological polar surface area (TPSA) is 174 Å². The molecule has 0 fully saturated rings. The number of aryl methyl sites for hydroxylation is 1. The molecule has 0 unspecified atom stereocenters. The maximum absolute atomic E-state index is 14.0. The van der Waals surface area contributed by atoms with Gasteiger partial charge >= 0.3 is 5.97 Å². The Labute approximate surface area is 246 Å². The van der Waals surface area contributed by atoms with E-state index in [0.29, 0.717) is 22.5 Å². The number of benzene rings is 1. The molecule has 6 rings (SSSR count). The van der Waals surface area contributed by atoms with E-state index < -0.39 is 11.5 Å². The molecule has 1 aliphatic carbocycles. The summed E-state index contributed by atoms with van der Waals surface area (Å²) >= 11 is 2.35. The summed E-state index contributed by atoms with van der Waals surface area (Å²) in [5.41, 5.74) is 6.98. The Morgan fingerprint density at radius 1 is 1.05 bits per heavy atom. The predicted molar refractivity (Wildman–Crippen MR) is 159 cm³/mol. The minimum atomic E-state index is -0.800. The average molecular weight is 592 g/mol. The second-order valence-corrected chi connectivity index (χ2v) is 11.7. The molecule has 12 heteroatoms. The quantitative estimate of drug-likeness (QED) is 0.283. The van der Waals surface area contributed by atoms with Crippen molar-refractivity contribution in [1.82, 2.24) is 8.97 Å². The van der Waals surface area contributed by atoms with Gasteiger partial charge < -0.3 is 10.5 Å². The molecule has 0 amide bonds. The van der Waals surface area contributed by atoms with Gasteiger partial charge in [-0.3, -0.25) is 14.6 Å². The number of anilines is 1. The van der Waals surface area contributed by atoms with Crippen LogP contribution in [0.25, 0.3) is 31.3 Å². The number of hydrogen-bond donors (Lipinski definition) is 2. The van der Waals surface area contributed by atoms with E-state index in [1.807, 2.05) is 6.07 Å². The molecule has 1 aromatic carbocycles. The van der Waals surface area contributed by atoms with E-state index in [1.54, 1.807) is 37.3 Å². The number of fused-ring (bicyclic) bond motifs is 4. The maximum atomic E-state index is 14.0. The second-order valence-electron chi connectivity index (χ2n) is 9.61. The highest BCUT2D eigenvalue weighted by molar-refractivity contribution is 7.24. The van der Waals surface area contributed by atoms with Crippen LogP contribution in [0.1, 0.15) is 57.3 Å². The van der Waals surface area contributed by atoms with E-state index in [0.717, 1.165) is 41.0 Å². The molecule has 206 valence electrons. The number of ether oxygens (including phenoxy) is 1. The van der Waals surface area contributed by atoms with Crippen molar-refractivity contribution >= 4 is 49.5 Å². The Morgan fingerprint density at radius 3 is 2.40 bits per heavy atom. The molecule has 0 spiro atoms. The van der Waals surface area contributed by atoms with Gasteiger partial charge in [0.05, 0.1) is 28.1 Å². The number of pyridine rings is 2. The number of nitrogens with two attached hydrogens (primary N) is 1. The zero-order valence-corrected chi connectivity index (χ0v) is 23.9. The van der Waals surface area contributed by atoms with Gasteiger partial charge in [-0.25, -0.2) is 9.36 Å². The lowest BCUT2D eigenvalue weighted by Gasteiger charge is -2.15. The number of rotatable bonds is 4. The van der Waals surface area contributed by atoms with Crippen molar-refractivity contribution in [2.45, 2.75) is 32.6 Å². The maximum Gasteiger partial charge on any atom is 0.342 e. The van der Waals surface area contributed by atoms with Gasteiger partial charge in [0, 0.05) is 10.4 Å². The molecular weight excluding hydrogens is 571 g/mol. The lowest BCUT2D eigenvalue weighted by molar-refractivity contribution is 0.0524. The molecule has 1 aliphatic rings. The largest absolute Gasteiger partial charge is 0.462 e. The zero-order valence-electron chi connectivity index (χ0n) is 22.3. The van der Waals surface area contributed by atoms with Gasteiger partial charge in [-0.15, -0.1) is 22.7 Å². The van der Waals surface area contributed by atoms with Crippen LogP contribution in [0.2, 0.25) is 0 Å². The molecule has 3 N–H and O–H groups in total. The summed E-state index contributed by atoms with van der Waals surface area (Å²) in [6, 6.07) is 15.1. The van der Waals surface area contributed by atoms with E-state index in [1.165, 1.54) is 20.3 Å². The molecule has 0 saturated heterocycles. The first-order chi connectivity index (χ1) is 20.4. The fraction of sp³-hybridized carbons (Fsp3) is 0.200. The third-order valence-electron chi connectivity index (χ3n) is 7.37. The van der Waals surface area contributed by atoms with Crippen molar-refractivity contribution in [2.24, 2.45) is 0 Å². The van der Waals surface area contributed by atoms with Crippen molar-refractivity contribution in [3.05, 3.63) is 78.9 Å². The van der Waals surface area contributed by atoms with Gasteiger partial charge in [0.25, 0.3) is 5.56 Å². The number of nitrogens with one attached hydrogen (secondary N) is 1. The number of carbonyl (C=O) groups excluding carboxylic acids is 1. The predicted octanol–water partition coefficient (Wildman–Crippen LogP) is 4.77. The van der Waals surface area contributed by atoms with Crippen molar-refractivity contribution in [2.75, 3.05) is 12.3 Å². The summed E-state index contributed by atoms with van der Waals surface area (Å²) < 4.78 is 8.23. The Kier molecular flexibility index (Phi) is 6.62. The smallest absolute Gasteiger partial charge is 0.342 e. The number of nitriles is 3. The number of thiazole rings is 1. The van der Waals surface area contributed by atoms with Crippen LogP contribution in [0.3, 0.4) is 0 Å². The highest BCUT2D eigenvalue weighted by atomic mass is 32.1. The third kappa shape index (κ3) is 3.76. The fourth-order valence-electron chi connectivity index (χ4n) is 5.55. The number of aromatic nitrogens is 2. The number of nitrogens with zero attached hydrogens (tertiary/aromatic N) is 5. The summed E-state index contributed by atoms with van der Waals surface area (Å²) in [6.45, 7) is 1.68. The summed E-state index contributed by atoms with van der Waals surface area (Å²) in [6.07, 6.45) is 3.33. The molecule has 0 aliphatic heterocycles. The van der Waals surface area contributed by atoms with E-state index in [4.69, 9.17) is 10.5 Å². The minimum absolute atomic E-state index is 0.0386. The molecule has 5 aromatic rings. The van der Waals surface area contributed by atoms with Crippen LogP contribution in [0.5, 0.6) is 0 Å². The van der Waals surface area contributed by atoms with Crippen LogP contribution in [0.4, 0.5) is 5.69 Å². The van der Waals surface area contributed by atoms with Gasteiger partial charge in [0.2, 0.25) is 0 Å². The van der Waals surface area contributed by atoms with Crippen LogP contribution in [0, 0.1) is 39.4 Å². The molecule has 0 saturated carbocycles. The normalized spacial score (nSPS) is 12.4. The standard InChI is InChI=1S/C30H21N7O3S2/c1-2-40-30(39)22-21(15-8-4-3-5-9-15)18(13-32)29-36(25(22)35)26-24(42-29)23(34)19(14-33)27(38)37(26)28-17(12-31)16-10-6-7-11-20(16)41-28/h3-5,8-9,35H,2,6-7,10-11,34H2,1H3. The third-order valence-corrected chi connectivity index (χ3v) is 9.83. The lowest BCUT2D eigenvalue weighted by atomic mass is 9.96. The number of esters is 1. The first-order valence-electron chi connectivity index (χ1n) is 13.1. The van der Waals surface area contributed by atoms with E-state index in [2.05, 4.69) is 12.1 Å². The zero-order chi connectivity index (χ0) is 29.7. The van der Waals surface area contributed by atoms with Gasteiger partial charge in [-0.1, -0.05) is 30.3 Å². The molecule has 4 heterocycles. The highest BCUT2D eigenvalue weighted by Gasteiger charge is 2.31. The summed E-state index contributed by atoms with van der Waals surface area (Å²) in [7, 11) is 0. The van der Waals surface area contributed by atoms with Gasteiger partial charge in [-0.05, 0) is 43.7 Å². The Balaban J connectivity index is 1.89. The van der Waals surface area contributed by atoms with Crippen molar-refractivity contribution in [3.8, 4) is 34.3 Å². The molecule has 42 heavy (non-hydrogen) atoms. The number of nitrogen functional groups attached to an aromatic ring is 1. The minimum Gasteiger partial charge on any atom is -0.462 e. The monoisotopic (exact) mass is 591 g/mol. The molecule has 0 bridgehead atoms. The van der Waals surface area contributed by atoms with Gasteiger partial charge in [-0.2, -0.15) is 15.8 Å². The number of hydrogen-bond acceptors (Lipinski definition) is 10. The second kappa shape index (κ2) is 10.3.